The molecular formula is C11H14F2N2. The average Bonchev–Trinajstić information content (AvgIpc) is 2.66. The van der Waals surface area contributed by atoms with E-state index in [0.29, 0.717) is 19.5 Å². The van der Waals surface area contributed by atoms with Crippen molar-refractivity contribution in [2.75, 3.05) is 18.0 Å². The van der Waals surface area contributed by atoms with E-state index in [1.54, 1.807) is 0 Å². The normalized spacial score (nSPS) is 21.3. The molecule has 2 nitrogen and oxygen atoms in total. The van der Waals surface area contributed by atoms with Crippen LogP contribution in [0.2, 0.25) is 0 Å². The Kier molecular flexibility index (Phi) is 2.84. The Morgan fingerprint density at radius 3 is 2.87 bits per heavy atom. The Morgan fingerprint density at radius 2 is 2.27 bits per heavy atom. The van der Waals surface area contributed by atoms with Crippen LogP contribution in [0.25, 0.3) is 0 Å². The second-order valence-electron chi connectivity index (χ2n) is 3.97. The summed E-state index contributed by atoms with van der Waals surface area (Å²) in [5.41, 5.74) is 0.924. The minimum absolute atomic E-state index is 0.425. The number of alkyl halides is 2. The first-order valence-electron chi connectivity index (χ1n) is 5.13. The maximum atomic E-state index is 12.5. The molecule has 0 bridgehead atoms. The van der Waals surface area contributed by atoms with Gasteiger partial charge in [-0.05, 0) is 25.5 Å². The van der Waals surface area contributed by atoms with Crippen LogP contribution in [-0.4, -0.2) is 24.5 Å². The molecule has 0 aliphatic carbocycles. The number of aromatic nitrogens is 1. The fraction of sp³-hybridized carbons (Fsp3) is 0.545. The number of hydrogen-bond acceptors (Lipinski definition) is 2. The Balaban J connectivity index is 2.08. The molecule has 2 heterocycles. The summed E-state index contributed by atoms with van der Waals surface area (Å²) in [5.74, 6) is 0.325. The molecule has 15 heavy (non-hydrogen) atoms. The van der Waals surface area contributed by atoms with Crippen molar-refractivity contribution in [3.05, 3.63) is 23.9 Å². The summed E-state index contributed by atoms with van der Waals surface area (Å²) in [5, 5.41) is 0. The van der Waals surface area contributed by atoms with Gasteiger partial charge in [-0.2, -0.15) is 0 Å². The molecule has 1 aromatic heterocycles. The number of aryl methyl sites for hydroxylation is 1. The van der Waals surface area contributed by atoms with Crippen LogP contribution in [0.1, 0.15) is 12.1 Å². The number of nitrogens with zero attached hydrogens (tertiary/aromatic N) is 2. The number of halogens is 2. The van der Waals surface area contributed by atoms with Crippen LogP contribution in [0.4, 0.5) is 14.6 Å². The van der Waals surface area contributed by atoms with Gasteiger partial charge in [0, 0.05) is 24.7 Å². The van der Waals surface area contributed by atoms with Gasteiger partial charge in [0.25, 0.3) is 0 Å². The molecule has 1 saturated heterocycles. The molecule has 0 spiro atoms. The molecule has 1 aromatic rings. The summed E-state index contributed by atoms with van der Waals surface area (Å²) < 4.78 is 24.9. The van der Waals surface area contributed by atoms with Gasteiger partial charge in [-0.3, -0.25) is 0 Å². The highest BCUT2D eigenvalue weighted by molar-refractivity contribution is 5.40. The predicted octanol–water partition coefficient (Wildman–Crippen LogP) is 2.48. The van der Waals surface area contributed by atoms with Gasteiger partial charge in [-0.15, -0.1) is 0 Å². The highest BCUT2D eigenvalue weighted by Gasteiger charge is 2.29. The first kappa shape index (κ1) is 10.3. The zero-order chi connectivity index (χ0) is 10.8. The van der Waals surface area contributed by atoms with Crippen LogP contribution in [0, 0.1) is 12.8 Å². The van der Waals surface area contributed by atoms with E-state index in [-0.39, 0.29) is 0 Å². The van der Waals surface area contributed by atoms with Crippen molar-refractivity contribution in [1.82, 2.24) is 4.98 Å². The monoisotopic (exact) mass is 212 g/mol. The van der Waals surface area contributed by atoms with Gasteiger partial charge < -0.3 is 4.90 Å². The number of pyridine rings is 1. The minimum atomic E-state index is -2.21. The van der Waals surface area contributed by atoms with Crippen LogP contribution in [-0.2, 0) is 0 Å². The molecule has 1 aliphatic heterocycles. The van der Waals surface area contributed by atoms with Gasteiger partial charge in [-0.1, -0.05) is 6.07 Å². The van der Waals surface area contributed by atoms with Crippen LogP contribution < -0.4 is 4.90 Å². The lowest BCUT2D eigenvalue weighted by Crippen LogP contribution is -2.22. The number of hydrogen-bond donors (Lipinski definition) is 0. The van der Waals surface area contributed by atoms with Crippen LogP contribution in [0.5, 0.6) is 0 Å². The quantitative estimate of drug-likeness (QED) is 0.748. The first-order valence-corrected chi connectivity index (χ1v) is 5.13. The fourth-order valence-corrected chi connectivity index (χ4v) is 1.91. The van der Waals surface area contributed by atoms with E-state index in [2.05, 4.69) is 4.98 Å². The standard InChI is InChI=1S/C11H14F2N2/c1-8-3-2-4-10(14-8)15-6-5-9(7-15)11(12)13/h2-4,9,11H,5-7H2,1H3. The smallest absolute Gasteiger partial charge is 0.243 e. The van der Waals surface area contributed by atoms with Crippen LogP contribution >= 0.6 is 0 Å². The topological polar surface area (TPSA) is 16.1 Å². The zero-order valence-corrected chi connectivity index (χ0v) is 8.66. The summed E-state index contributed by atoms with van der Waals surface area (Å²) in [7, 11) is 0. The van der Waals surface area contributed by atoms with E-state index in [0.717, 1.165) is 11.5 Å². The molecule has 82 valence electrons. The molecule has 4 heteroatoms. The third kappa shape index (κ3) is 2.25. The SMILES string of the molecule is Cc1cccc(N2CCC(C(F)F)C2)n1. The molecule has 0 N–H and O–H groups in total. The van der Waals surface area contributed by atoms with Gasteiger partial charge in [-0.25, -0.2) is 13.8 Å². The zero-order valence-electron chi connectivity index (χ0n) is 8.66. The molecule has 1 unspecified atom stereocenters. The first-order chi connectivity index (χ1) is 7.16. The van der Waals surface area contributed by atoms with E-state index in [1.807, 2.05) is 30.0 Å². The molecule has 1 fully saturated rings. The molecule has 0 saturated carbocycles. The van der Waals surface area contributed by atoms with Gasteiger partial charge in [0.1, 0.15) is 5.82 Å². The number of rotatable bonds is 2. The van der Waals surface area contributed by atoms with E-state index in [1.165, 1.54) is 0 Å². The lowest BCUT2D eigenvalue weighted by molar-refractivity contribution is 0.0880. The highest BCUT2D eigenvalue weighted by atomic mass is 19.3. The maximum Gasteiger partial charge on any atom is 0.243 e. The van der Waals surface area contributed by atoms with Crippen LogP contribution in [0.15, 0.2) is 18.2 Å². The maximum absolute atomic E-state index is 12.5. The van der Waals surface area contributed by atoms with Gasteiger partial charge in [0.05, 0.1) is 0 Å². The molecule has 2 rings (SSSR count). The summed E-state index contributed by atoms with van der Waals surface area (Å²) >= 11 is 0. The Bertz CT molecular complexity index is 341. The van der Waals surface area contributed by atoms with Gasteiger partial charge >= 0.3 is 0 Å². The minimum Gasteiger partial charge on any atom is -0.356 e. The Hall–Kier alpha value is -1.19. The van der Waals surface area contributed by atoms with Crippen molar-refractivity contribution in [3.63, 3.8) is 0 Å². The molecule has 1 aliphatic rings. The Morgan fingerprint density at radius 1 is 1.47 bits per heavy atom. The van der Waals surface area contributed by atoms with Crippen LogP contribution in [0.3, 0.4) is 0 Å². The van der Waals surface area contributed by atoms with Crippen molar-refractivity contribution in [2.24, 2.45) is 5.92 Å². The fourth-order valence-electron chi connectivity index (χ4n) is 1.91. The molecule has 0 radical (unpaired) electrons. The van der Waals surface area contributed by atoms with E-state index >= 15 is 0 Å². The largest absolute Gasteiger partial charge is 0.356 e. The lowest BCUT2D eigenvalue weighted by atomic mass is 10.1. The Labute approximate surface area is 87.9 Å². The summed E-state index contributed by atoms with van der Waals surface area (Å²) in [6.45, 7) is 3.02. The van der Waals surface area contributed by atoms with Crippen molar-refractivity contribution in [3.8, 4) is 0 Å². The van der Waals surface area contributed by atoms with Crippen molar-refractivity contribution < 1.29 is 8.78 Å². The lowest BCUT2D eigenvalue weighted by Gasteiger charge is -2.17. The average molecular weight is 212 g/mol. The van der Waals surface area contributed by atoms with Crippen molar-refractivity contribution >= 4 is 5.82 Å². The van der Waals surface area contributed by atoms with E-state index in [4.69, 9.17) is 0 Å². The van der Waals surface area contributed by atoms with Gasteiger partial charge in [0.2, 0.25) is 6.43 Å². The summed E-state index contributed by atoms with van der Waals surface area (Å²) in [6, 6.07) is 5.69. The second-order valence-corrected chi connectivity index (χ2v) is 3.97. The molecule has 0 aromatic carbocycles. The van der Waals surface area contributed by atoms with Crippen molar-refractivity contribution in [2.45, 2.75) is 19.8 Å². The summed E-state index contributed by atoms with van der Waals surface area (Å²) in [4.78, 5) is 6.26. The van der Waals surface area contributed by atoms with E-state index in [9.17, 15) is 8.78 Å². The highest BCUT2D eigenvalue weighted by Crippen LogP contribution is 2.26. The third-order valence-corrected chi connectivity index (χ3v) is 2.78. The predicted molar refractivity (Wildman–Crippen MR) is 55.3 cm³/mol. The number of anilines is 1. The second kappa shape index (κ2) is 4.13. The van der Waals surface area contributed by atoms with Gasteiger partial charge in [0.15, 0.2) is 0 Å². The van der Waals surface area contributed by atoms with E-state index < -0.39 is 12.3 Å². The summed E-state index contributed by atoms with van der Waals surface area (Å²) in [6.07, 6.45) is -1.65. The van der Waals surface area contributed by atoms with Crippen molar-refractivity contribution in [1.29, 1.82) is 0 Å². The molecule has 0 amide bonds. The molecule has 1 atom stereocenters. The third-order valence-electron chi connectivity index (χ3n) is 2.78. The molecular weight excluding hydrogens is 198 g/mol.